The molecule has 1 aromatic heterocycles. The van der Waals surface area contributed by atoms with E-state index < -0.39 is 10.9 Å². The second-order valence-corrected chi connectivity index (χ2v) is 4.38. The molecule has 0 fully saturated rings. The zero-order valence-corrected chi connectivity index (χ0v) is 11.7. The lowest BCUT2D eigenvalue weighted by Gasteiger charge is -2.09. The van der Waals surface area contributed by atoms with Gasteiger partial charge in [-0.05, 0) is 26.0 Å². The summed E-state index contributed by atoms with van der Waals surface area (Å²) >= 11 is 0. The van der Waals surface area contributed by atoms with Crippen LogP contribution in [-0.4, -0.2) is 32.9 Å². The first kappa shape index (κ1) is 14.5. The smallest absolute Gasteiger partial charge is 0.337 e. The molecule has 110 valence electrons. The molecule has 0 aliphatic rings. The Kier molecular flexibility index (Phi) is 3.62. The number of rotatable bonds is 4. The molecule has 8 heteroatoms. The molecular formula is C13H13N3O5. The number of benzene rings is 1. The van der Waals surface area contributed by atoms with Crippen molar-refractivity contribution in [2.24, 2.45) is 0 Å². The molecule has 0 saturated carbocycles. The molecule has 2 rings (SSSR count). The Bertz CT molecular complexity index is 736. The third kappa shape index (κ3) is 2.42. The number of aromatic nitrogens is 2. The van der Waals surface area contributed by atoms with Crippen molar-refractivity contribution in [2.75, 3.05) is 7.11 Å². The van der Waals surface area contributed by atoms with Crippen molar-refractivity contribution in [3.63, 3.8) is 0 Å². The van der Waals surface area contributed by atoms with Gasteiger partial charge in [0.15, 0.2) is 0 Å². The Morgan fingerprint density at radius 1 is 1.43 bits per heavy atom. The quantitative estimate of drug-likeness (QED) is 0.682. The maximum atomic E-state index is 11.3. The monoisotopic (exact) mass is 291 g/mol. The molecule has 1 heterocycles. The lowest BCUT2D eigenvalue weighted by molar-refractivity contribution is -0.386. The van der Waals surface area contributed by atoms with Crippen LogP contribution in [0.15, 0.2) is 18.2 Å². The number of aryl methyl sites for hydroxylation is 1. The standard InChI is InChI=1S/C13H13N3O5/c1-7-12(16(19)20)8(2)15(14-7)11-6-9(21-3)4-5-10(11)13(17)18/h4-6H,1-3H3,(H,17,18). The Labute approximate surface area is 119 Å². The zero-order valence-electron chi connectivity index (χ0n) is 11.7. The van der Waals surface area contributed by atoms with Gasteiger partial charge in [0, 0.05) is 6.07 Å². The third-order valence-corrected chi connectivity index (χ3v) is 3.10. The number of hydrogen-bond acceptors (Lipinski definition) is 5. The fourth-order valence-corrected chi connectivity index (χ4v) is 2.13. The van der Waals surface area contributed by atoms with Gasteiger partial charge in [-0.15, -0.1) is 0 Å². The summed E-state index contributed by atoms with van der Waals surface area (Å²) < 4.78 is 6.32. The molecule has 0 aliphatic carbocycles. The molecule has 0 unspecified atom stereocenters. The van der Waals surface area contributed by atoms with Crippen molar-refractivity contribution in [3.8, 4) is 11.4 Å². The minimum absolute atomic E-state index is 0.0173. The van der Waals surface area contributed by atoms with E-state index in [4.69, 9.17) is 4.74 Å². The highest BCUT2D eigenvalue weighted by Gasteiger charge is 2.25. The van der Waals surface area contributed by atoms with Crippen molar-refractivity contribution in [2.45, 2.75) is 13.8 Å². The van der Waals surface area contributed by atoms with Crippen LogP contribution in [0.4, 0.5) is 5.69 Å². The molecule has 1 aromatic carbocycles. The number of carboxylic acids is 1. The number of carbonyl (C=O) groups is 1. The normalized spacial score (nSPS) is 10.4. The van der Waals surface area contributed by atoms with E-state index in [0.29, 0.717) is 5.75 Å². The van der Waals surface area contributed by atoms with E-state index in [1.54, 1.807) is 0 Å². The van der Waals surface area contributed by atoms with E-state index >= 15 is 0 Å². The van der Waals surface area contributed by atoms with E-state index in [-0.39, 0.29) is 28.3 Å². The summed E-state index contributed by atoms with van der Waals surface area (Å²) in [6.07, 6.45) is 0. The Morgan fingerprint density at radius 2 is 2.10 bits per heavy atom. The number of nitro groups is 1. The van der Waals surface area contributed by atoms with E-state index in [2.05, 4.69) is 5.10 Å². The molecule has 0 bridgehead atoms. The number of hydrogen-bond donors (Lipinski definition) is 1. The van der Waals surface area contributed by atoms with Gasteiger partial charge >= 0.3 is 11.7 Å². The first-order valence-electron chi connectivity index (χ1n) is 5.99. The third-order valence-electron chi connectivity index (χ3n) is 3.10. The topological polar surface area (TPSA) is 107 Å². The molecule has 1 N–H and O–H groups in total. The van der Waals surface area contributed by atoms with Crippen LogP contribution in [0, 0.1) is 24.0 Å². The summed E-state index contributed by atoms with van der Waals surface area (Å²) in [5.41, 5.74) is 0.547. The summed E-state index contributed by atoms with van der Waals surface area (Å²) in [6.45, 7) is 3.02. The van der Waals surface area contributed by atoms with Gasteiger partial charge in [0.25, 0.3) is 0 Å². The zero-order chi connectivity index (χ0) is 15.7. The van der Waals surface area contributed by atoms with Crippen molar-refractivity contribution < 1.29 is 19.6 Å². The highest BCUT2D eigenvalue weighted by Crippen LogP contribution is 2.28. The second kappa shape index (κ2) is 5.23. The van der Waals surface area contributed by atoms with Crippen LogP contribution in [-0.2, 0) is 0 Å². The van der Waals surface area contributed by atoms with E-state index in [1.165, 1.54) is 43.8 Å². The largest absolute Gasteiger partial charge is 0.497 e. The Morgan fingerprint density at radius 3 is 2.57 bits per heavy atom. The van der Waals surface area contributed by atoms with Gasteiger partial charge in [-0.1, -0.05) is 0 Å². The van der Waals surface area contributed by atoms with E-state index in [0.717, 1.165) is 0 Å². The Hall–Kier alpha value is -2.90. The second-order valence-electron chi connectivity index (χ2n) is 4.38. The van der Waals surface area contributed by atoms with Gasteiger partial charge in [0.1, 0.15) is 17.1 Å². The van der Waals surface area contributed by atoms with Crippen LogP contribution in [0.1, 0.15) is 21.7 Å². The number of aromatic carboxylic acids is 1. The molecule has 0 radical (unpaired) electrons. The van der Waals surface area contributed by atoms with Gasteiger partial charge in [-0.25, -0.2) is 9.48 Å². The van der Waals surface area contributed by atoms with Crippen molar-refractivity contribution >= 4 is 11.7 Å². The summed E-state index contributed by atoms with van der Waals surface area (Å²) in [5.74, 6) is -0.715. The maximum absolute atomic E-state index is 11.3. The minimum atomic E-state index is -1.15. The number of methoxy groups -OCH3 is 1. The predicted octanol–water partition coefficient (Wildman–Crippen LogP) is 2.10. The summed E-state index contributed by atoms with van der Waals surface area (Å²) in [7, 11) is 1.45. The molecule has 0 aliphatic heterocycles. The molecule has 0 amide bonds. The molecule has 0 spiro atoms. The summed E-state index contributed by atoms with van der Waals surface area (Å²) in [4.78, 5) is 21.8. The minimum Gasteiger partial charge on any atom is -0.497 e. The van der Waals surface area contributed by atoms with E-state index in [9.17, 15) is 20.0 Å². The number of ether oxygens (including phenoxy) is 1. The Balaban J connectivity index is 2.74. The first-order valence-corrected chi connectivity index (χ1v) is 5.99. The van der Waals surface area contributed by atoms with Gasteiger partial charge in [-0.2, -0.15) is 5.10 Å². The molecule has 21 heavy (non-hydrogen) atoms. The average molecular weight is 291 g/mol. The van der Waals surface area contributed by atoms with Crippen LogP contribution in [0.2, 0.25) is 0 Å². The summed E-state index contributed by atoms with van der Waals surface area (Å²) in [5, 5.41) is 24.4. The predicted molar refractivity (Wildman–Crippen MR) is 73.2 cm³/mol. The maximum Gasteiger partial charge on any atom is 0.337 e. The van der Waals surface area contributed by atoms with Crippen molar-refractivity contribution in [1.82, 2.24) is 9.78 Å². The average Bonchev–Trinajstić information content (AvgIpc) is 2.72. The van der Waals surface area contributed by atoms with Gasteiger partial charge in [0.2, 0.25) is 0 Å². The van der Waals surface area contributed by atoms with Crippen LogP contribution >= 0.6 is 0 Å². The van der Waals surface area contributed by atoms with Gasteiger partial charge < -0.3 is 9.84 Å². The van der Waals surface area contributed by atoms with Gasteiger partial charge in [0.05, 0.1) is 23.3 Å². The lowest BCUT2D eigenvalue weighted by atomic mass is 10.1. The lowest BCUT2D eigenvalue weighted by Crippen LogP contribution is -2.08. The SMILES string of the molecule is COc1ccc(C(=O)O)c(-n2nc(C)c([N+](=O)[O-])c2C)c1. The molecule has 0 saturated heterocycles. The first-order chi connectivity index (χ1) is 9.86. The van der Waals surface area contributed by atoms with Crippen LogP contribution in [0.3, 0.4) is 0 Å². The highest BCUT2D eigenvalue weighted by molar-refractivity contribution is 5.92. The number of nitrogens with zero attached hydrogens (tertiary/aromatic N) is 3. The molecular weight excluding hydrogens is 278 g/mol. The molecule has 8 nitrogen and oxygen atoms in total. The molecule has 0 atom stereocenters. The van der Waals surface area contributed by atoms with Gasteiger partial charge in [-0.3, -0.25) is 10.1 Å². The van der Waals surface area contributed by atoms with Crippen molar-refractivity contribution in [1.29, 1.82) is 0 Å². The fourth-order valence-electron chi connectivity index (χ4n) is 2.13. The van der Waals surface area contributed by atoms with Crippen LogP contribution < -0.4 is 4.74 Å². The number of carboxylic acid groups (broad SMARTS) is 1. The van der Waals surface area contributed by atoms with Crippen molar-refractivity contribution in [3.05, 3.63) is 45.3 Å². The fraction of sp³-hybridized carbons (Fsp3) is 0.231. The molecule has 2 aromatic rings. The van der Waals surface area contributed by atoms with E-state index in [1.807, 2.05) is 0 Å². The van der Waals surface area contributed by atoms with Crippen LogP contribution in [0.25, 0.3) is 5.69 Å². The summed E-state index contributed by atoms with van der Waals surface area (Å²) in [6, 6.07) is 4.36. The van der Waals surface area contributed by atoms with Crippen LogP contribution in [0.5, 0.6) is 5.75 Å². The highest BCUT2D eigenvalue weighted by atomic mass is 16.6.